The number of nitrogens with zero attached hydrogens (tertiary/aromatic N) is 5. The summed E-state index contributed by atoms with van der Waals surface area (Å²) in [5.41, 5.74) is 1.88. The molecule has 0 spiro atoms. The lowest BCUT2D eigenvalue weighted by Gasteiger charge is -2.34. The van der Waals surface area contributed by atoms with Crippen LogP contribution in [0.3, 0.4) is 0 Å². The van der Waals surface area contributed by atoms with E-state index in [1.165, 1.54) is 12.8 Å². The van der Waals surface area contributed by atoms with Crippen LogP contribution in [0.4, 0.5) is 10.2 Å². The first kappa shape index (κ1) is 25.0. The molecule has 41 heavy (non-hydrogen) atoms. The Balaban J connectivity index is 1.26. The largest absolute Gasteiger partial charge is 0.461 e. The molecule has 6 heterocycles. The lowest BCUT2D eigenvalue weighted by atomic mass is 9.95. The number of piperazine rings is 1. The van der Waals surface area contributed by atoms with Crippen molar-refractivity contribution in [2.75, 3.05) is 37.7 Å². The number of aromatic nitrogens is 3. The summed E-state index contributed by atoms with van der Waals surface area (Å²) in [6.07, 6.45) is 14.5. The second-order valence-electron chi connectivity index (χ2n) is 12.1. The highest BCUT2D eigenvalue weighted by Crippen LogP contribution is 2.40. The first-order valence-corrected chi connectivity index (χ1v) is 14.9. The number of halogens is 1. The minimum absolute atomic E-state index is 0.0448. The summed E-state index contributed by atoms with van der Waals surface area (Å²) in [5, 5.41) is 6.05. The Labute approximate surface area is 239 Å². The second kappa shape index (κ2) is 9.64. The summed E-state index contributed by atoms with van der Waals surface area (Å²) in [6.45, 7) is 4.39. The van der Waals surface area contributed by atoms with E-state index < -0.39 is 5.82 Å². The highest BCUT2D eigenvalue weighted by Gasteiger charge is 2.45. The van der Waals surface area contributed by atoms with Gasteiger partial charge in [0.1, 0.15) is 23.6 Å². The Bertz CT molecular complexity index is 1690. The molecule has 4 fully saturated rings. The first-order valence-electron chi connectivity index (χ1n) is 14.9. The lowest BCUT2D eigenvalue weighted by Crippen LogP contribution is -2.51. The fraction of sp³-hybridized carbons (Fsp3) is 0.424. The Morgan fingerprint density at radius 2 is 1.80 bits per heavy atom. The first-order chi connectivity index (χ1) is 20.1. The molecule has 2 atom stereocenters. The highest BCUT2D eigenvalue weighted by atomic mass is 19.1. The van der Waals surface area contributed by atoms with Gasteiger partial charge in [-0.15, -0.1) is 6.42 Å². The molecule has 4 aliphatic rings. The standard InChI is InChI=1S/C33H33FN6O/c1-2-21-7-3-8-22-9-4-10-25(27(21)22)29-28(34)30-26(17-35-29)31(39-18-23-11-12-24(19-39)36-23)38-32(37-30)41-20-33-13-5-15-40(33)16-6-14-33/h1,3-4,7-10,17,23-24,36H,5-6,11-16,18-20H2/t23-,24+. The van der Waals surface area contributed by atoms with Gasteiger partial charge in [-0.25, -0.2) is 4.39 Å². The van der Waals surface area contributed by atoms with Crippen LogP contribution in [0.25, 0.3) is 32.9 Å². The predicted molar refractivity (Wildman–Crippen MR) is 159 cm³/mol. The zero-order chi connectivity index (χ0) is 27.6. The zero-order valence-electron chi connectivity index (χ0n) is 23.1. The second-order valence-corrected chi connectivity index (χ2v) is 12.1. The number of nitrogens with one attached hydrogen (secondary N) is 1. The summed E-state index contributed by atoms with van der Waals surface area (Å²) in [4.78, 5) is 19.1. The van der Waals surface area contributed by atoms with Gasteiger partial charge in [0.2, 0.25) is 0 Å². The molecule has 8 rings (SSSR count). The van der Waals surface area contributed by atoms with Crippen LogP contribution < -0.4 is 15.0 Å². The SMILES string of the molecule is C#Cc1cccc2cccc(-c3ncc4c(N5C[C@H]6CC[C@@H](C5)N6)nc(OCC56CCCN5CCC6)nc4c3F)c12. The van der Waals surface area contributed by atoms with E-state index >= 15 is 4.39 Å². The monoisotopic (exact) mass is 548 g/mol. The van der Waals surface area contributed by atoms with Crippen molar-refractivity contribution in [2.24, 2.45) is 0 Å². The molecule has 0 unspecified atom stereocenters. The van der Waals surface area contributed by atoms with Crippen molar-refractivity contribution < 1.29 is 9.13 Å². The molecule has 1 N–H and O–H groups in total. The summed E-state index contributed by atoms with van der Waals surface area (Å²) in [7, 11) is 0. The molecular weight excluding hydrogens is 515 g/mol. The molecule has 0 amide bonds. The van der Waals surface area contributed by atoms with E-state index in [-0.39, 0.29) is 22.8 Å². The molecule has 2 aromatic heterocycles. The number of anilines is 1. The number of pyridine rings is 1. The lowest BCUT2D eigenvalue weighted by molar-refractivity contribution is 0.108. The van der Waals surface area contributed by atoms with Crippen LogP contribution in [-0.4, -0.2) is 70.3 Å². The average Bonchev–Trinajstić information content (AvgIpc) is 3.69. The van der Waals surface area contributed by atoms with Gasteiger partial charge in [0.15, 0.2) is 5.82 Å². The van der Waals surface area contributed by atoms with E-state index in [2.05, 4.69) is 26.0 Å². The average molecular weight is 549 g/mol. The fourth-order valence-electron chi connectivity index (χ4n) is 7.80. The van der Waals surface area contributed by atoms with Gasteiger partial charge in [-0.3, -0.25) is 9.88 Å². The van der Waals surface area contributed by atoms with Gasteiger partial charge < -0.3 is 15.0 Å². The molecule has 4 aromatic rings. The van der Waals surface area contributed by atoms with Crippen LogP contribution in [0.1, 0.15) is 44.1 Å². The van der Waals surface area contributed by atoms with Crippen molar-refractivity contribution in [2.45, 2.75) is 56.1 Å². The van der Waals surface area contributed by atoms with Gasteiger partial charge in [0, 0.05) is 47.9 Å². The number of terminal acetylenes is 1. The topological polar surface area (TPSA) is 66.4 Å². The van der Waals surface area contributed by atoms with Gasteiger partial charge in [-0.05, 0) is 63.1 Å². The number of hydrogen-bond acceptors (Lipinski definition) is 7. The highest BCUT2D eigenvalue weighted by molar-refractivity contribution is 6.02. The molecular formula is C33H33FN6O. The van der Waals surface area contributed by atoms with Gasteiger partial charge >= 0.3 is 6.01 Å². The molecule has 0 radical (unpaired) electrons. The number of rotatable bonds is 5. The van der Waals surface area contributed by atoms with E-state index in [0.29, 0.717) is 41.0 Å². The Hall–Kier alpha value is -3.80. The van der Waals surface area contributed by atoms with Crippen LogP contribution in [-0.2, 0) is 0 Å². The van der Waals surface area contributed by atoms with Crippen LogP contribution in [0.2, 0.25) is 0 Å². The van der Waals surface area contributed by atoms with Gasteiger partial charge in [0.05, 0.1) is 10.9 Å². The molecule has 2 aromatic carbocycles. The molecule has 0 aliphatic carbocycles. The van der Waals surface area contributed by atoms with E-state index in [9.17, 15) is 0 Å². The molecule has 8 heteroatoms. The van der Waals surface area contributed by atoms with E-state index in [4.69, 9.17) is 21.1 Å². The van der Waals surface area contributed by atoms with Crippen molar-refractivity contribution >= 4 is 27.5 Å². The summed E-state index contributed by atoms with van der Waals surface area (Å²) in [5.74, 6) is 2.99. The normalized spacial score (nSPS) is 23.3. The van der Waals surface area contributed by atoms with E-state index in [1.54, 1.807) is 6.20 Å². The van der Waals surface area contributed by atoms with Gasteiger partial charge in [-0.2, -0.15) is 9.97 Å². The van der Waals surface area contributed by atoms with Crippen molar-refractivity contribution in [3.8, 4) is 29.6 Å². The number of benzene rings is 2. The van der Waals surface area contributed by atoms with E-state index in [0.717, 1.165) is 62.6 Å². The van der Waals surface area contributed by atoms with Crippen LogP contribution >= 0.6 is 0 Å². The molecule has 7 nitrogen and oxygen atoms in total. The maximum atomic E-state index is 16.7. The maximum Gasteiger partial charge on any atom is 0.319 e. The maximum absolute atomic E-state index is 16.7. The quantitative estimate of drug-likeness (QED) is 0.356. The Kier molecular flexibility index (Phi) is 5.87. The third-order valence-corrected chi connectivity index (χ3v) is 9.76. The third kappa shape index (κ3) is 4.05. The predicted octanol–water partition coefficient (Wildman–Crippen LogP) is 4.91. The minimum atomic E-state index is -0.477. The molecule has 4 saturated heterocycles. The molecule has 2 bridgehead atoms. The van der Waals surface area contributed by atoms with Gasteiger partial charge in [-0.1, -0.05) is 36.3 Å². The van der Waals surface area contributed by atoms with Crippen molar-refractivity contribution in [1.82, 2.24) is 25.2 Å². The van der Waals surface area contributed by atoms with Crippen LogP contribution in [0, 0.1) is 18.2 Å². The number of fused-ring (bicyclic) bond motifs is 5. The summed E-state index contributed by atoms with van der Waals surface area (Å²) < 4.78 is 23.1. The molecule has 4 aliphatic heterocycles. The van der Waals surface area contributed by atoms with Crippen LogP contribution in [0.15, 0.2) is 42.6 Å². The summed E-state index contributed by atoms with van der Waals surface area (Å²) in [6, 6.07) is 12.6. The van der Waals surface area contributed by atoms with Crippen molar-refractivity contribution in [3.63, 3.8) is 0 Å². The van der Waals surface area contributed by atoms with Crippen molar-refractivity contribution in [1.29, 1.82) is 0 Å². The number of ether oxygens (including phenoxy) is 1. The zero-order valence-corrected chi connectivity index (χ0v) is 23.1. The number of hydrogen-bond donors (Lipinski definition) is 1. The molecule has 208 valence electrons. The summed E-state index contributed by atoms with van der Waals surface area (Å²) >= 11 is 0. The minimum Gasteiger partial charge on any atom is -0.461 e. The Morgan fingerprint density at radius 1 is 1.05 bits per heavy atom. The fourth-order valence-corrected chi connectivity index (χ4v) is 7.80. The third-order valence-electron chi connectivity index (χ3n) is 9.76. The molecule has 0 saturated carbocycles. The smallest absolute Gasteiger partial charge is 0.319 e. The van der Waals surface area contributed by atoms with Crippen LogP contribution in [0.5, 0.6) is 6.01 Å². The van der Waals surface area contributed by atoms with Gasteiger partial charge in [0.25, 0.3) is 0 Å². The van der Waals surface area contributed by atoms with Crippen molar-refractivity contribution in [3.05, 3.63) is 54.0 Å². The Morgan fingerprint density at radius 3 is 2.56 bits per heavy atom. The van der Waals surface area contributed by atoms with E-state index in [1.807, 2.05) is 36.4 Å².